The van der Waals surface area contributed by atoms with Crippen molar-refractivity contribution in [3.8, 4) is 11.5 Å². The molecule has 0 aliphatic carbocycles. The third-order valence-corrected chi connectivity index (χ3v) is 6.48. The zero-order valence-electron chi connectivity index (χ0n) is 18.1. The minimum atomic E-state index is -3.44. The highest BCUT2D eigenvalue weighted by molar-refractivity contribution is 7.92. The van der Waals surface area contributed by atoms with Crippen LogP contribution in [-0.2, 0) is 10.0 Å². The highest BCUT2D eigenvalue weighted by Gasteiger charge is 2.35. The first kappa shape index (κ1) is 22.0. The first-order chi connectivity index (χ1) is 13.9. The molecule has 2 aromatic rings. The molecule has 8 heteroatoms. The Morgan fingerprint density at radius 1 is 1.23 bits per heavy atom. The molecule has 1 aliphatic rings. The van der Waals surface area contributed by atoms with Crippen molar-refractivity contribution in [2.75, 3.05) is 24.7 Å². The van der Waals surface area contributed by atoms with Gasteiger partial charge in [-0.25, -0.2) is 8.42 Å². The molecular formula is C22H28N2O5S. The monoisotopic (exact) mass is 432 g/mol. The Morgan fingerprint density at radius 2 is 1.93 bits per heavy atom. The van der Waals surface area contributed by atoms with Crippen molar-refractivity contribution in [3.63, 3.8) is 0 Å². The standard InChI is InChI=1S/C22H28N2O5S/c1-14-7-8-15(11-19(14)24(4)30(6,26)27)21(25)23-18-13-22(2,3)29-20-12-16(28-5)9-10-17(18)20/h7-12,18H,13H2,1-6H3,(H,23,25)/t18-/m1/s1. The molecule has 0 saturated carbocycles. The van der Waals surface area contributed by atoms with Crippen LogP contribution in [0.25, 0.3) is 0 Å². The van der Waals surface area contributed by atoms with E-state index in [-0.39, 0.29) is 11.9 Å². The van der Waals surface area contributed by atoms with E-state index in [0.717, 1.165) is 17.4 Å². The van der Waals surface area contributed by atoms with Gasteiger partial charge in [0.1, 0.15) is 17.1 Å². The van der Waals surface area contributed by atoms with E-state index >= 15 is 0 Å². The maximum absolute atomic E-state index is 13.0. The number of fused-ring (bicyclic) bond motifs is 1. The van der Waals surface area contributed by atoms with E-state index in [4.69, 9.17) is 9.47 Å². The number of benzene rings is 2. The Balaban J connectivity index is 1.91. The second-order valence-corrected chi connectivity index (χ2v) is 10.2. The number of rotatable bonds is 5. The lowest BCUT2D eigenvalue weighted by Crippen LogP contribution is -2.41. The molecule has 0 radical (unpaired) electrons. The Kier molecular flexibility index (Phi) is 5.73. The summed E-state index contributed by atoms with van der Waals surface area (Å²) in [6.45, 7) is 5.75. The maximum Gasteiger partial charge on any atom is 0.251 e. The summed E-state index contributed by atoms with van der Waals surface area (Å²) in [4.78, 5) is 13.0. The van der Waals surface area contributed by atoms with E-state index in [1.54, 1.807) is 25.3 Å². The van der Waals surface area contributed by atoms with Gasteiger partial charge in [0.05, 0.1) is 25.1 Å². The summed E-state index contributed by atoms with van der Waals surface area (Å²) in [7, 11) is -0.366. The summed E-state index contributed by atoms with van der Waals surface area (Å²) in [5.74, 6) is 1.09. The largest absolute Gasteiger partial charge is 0.497 e. The SMILES string of the molecule is COc1ccc2c(c1)OC(C)(C)C[C@H]2NC(=O)c1ccc(C)c(N(C)S(C)(=O)=O)c1. The van der Waals surface area contributed by atoms with E-state index in [1.807, 2.05) is 39.0 Å². The van der Waals surface area contributed by atoms with Crippen molar-refractivity contribution in [2.45, 2.75) is 38.8 Å². The van der Waals surface area contributed by atoms with E-state index in [9.17, 15) is 13.2 Å². The number of nitrogens with zero attached hydrogens (tertiary/aromatic N) is 1. The normalized spacial score (nSPS) is 17.5. The molecule has 1 aliphatic heterocycles. The van der Waals surface area contributed by atoms with Crippen molar-refractivity contribution in [3.05, 3.63) is 53.1 Å². The third-order valence-electron chi connectivity index (χ3n) is 5.29. The van der Waals surface area contributed by atoms with Gasteiger partial charge < -0.3 is 14.8 Å². The van der Waals surface area contributed by atoms with Gasteiger partial charge in [-0.05, 0) is 50.6 Å². The molecule has 0 fully saturated rings. The van der Waals surface area contributed by atoms with Gasteiger partial charge in [-0.1, -0.05) is 6.07 Å². The van der Waals surface area contributed by atoms with Crippen LogP contribution in [0.5, 0.6) is 11.5 Å². The van der Waals surface area contributed by atoms with Crippen LogP contribution in [0.15, 0.2) is 36.4 Å². The minimum Gasteiger partial charge on any atom is -0.497 e. The second kappa shape index (κ2) is 7.83. The Hall–Kier alpha value is -2.74. The first-order valence-corrected chi connectivity index (χ1v) is 11.5. The Labute approximate surface area is 178 Å². The van der Waals surface area contributed by atoms with Gasteiger partial charge in [0.15, 0.2) is 0 Å². The lowest BCUT2D eigenvalue weighted by atomic mass is 9.89. The van der Waals surface area contributed by atoms with E-state index < -0.39 is 15.6 Å². The van der Waals surface area contributed by atoms with E-state index in [1.165, 1.54) is 11.4 Å². The molecule has 30 heavy (non-hydrogen) atoms. The van der Waals surface area contributed by atoms with Gasteiger partial charge >= 0.3 is 0 Å². The summed E-state index contributed by atoms with van der Waals surface area (Å²) in [6, 6.07) is 10.4. The number of carbonyl (C=O) groups is 1. The number of aryl methyl sites for hydroxylation is 1. The molecule has 0 bridgehead atoms. The van der Waals surface area contributed by atoms with Crippen LogP contribution < -0.4 is 19.1 Å². The summed E-state index contributed by atoms with van der Waals surface area (Å²) in [5, 5.41) is 3.08. The Morgan fingerprint density at radius 3 is 2.57 bits per heavy atom. The zero-order valence-corrected chi connectivity index (χ0v) is 19.0. The number of nitrogens with one attached hydrogen (secondary N) is 1. The van der Waals surface area contributed by atoms with Gasteiger partial charge in [0.25, 0.3) is 5.91 Å². The first-order valence-electron chi connectivity index (χ1n) is 9.63. The van der Waals surface area contributed by atoms with Crippen LogP contribution >= 0.6 is 0 Å². The fourth-order valence-corrected chi connectivity index (χ4v) is 4.15. The molecule has 3 rings (SSSR count). The molecule has 1 heterocycles. The third kappa shape index (κ3) is 4.53. The summed E-state index contributed by atoms with van der Waals surface area (Å²) >= 11 is 0. The molecule has 1 N–H and O–H groups in total. The lowest BCUT2D eigenvalue weighted by Gasteiger charge is -2.38. The molecular weight excluding hydrogens is 404 g/mol. The van der Waals surface area contributed by atoms with Gasteiger partial charge in [-0.15, -0.1) is 0 Å². The molecule has 0 saturated heterocycles. The highest BCUT2D eigenvalue weighted by atomic mass is 32.2. The minimum absolute atomic E-state index is 0.250. The summed E-state index contributed by atoms with van der Waals surface area (Å²) in [5.41, 5.74) is 2.05. The van der Waals surface area contributed by atoms with Crippen LogP contribution in [0.2, 0.25) is 0 Å². The van der Waals surface area contributed by atoms with Crippen LogP contribution in [0.3, 0.4) is 0 Å². The van der Waals surface area contributed by atoms with Gasteiger partial charge in [-0.2, -0.15) is 0 Å². The van der Waals surface area contributed by atoms with Crippen LogP contribution in [0, 0.1) is 6.92 Å². The fourth-order valence-electron chi connectivity index (χ4n) is 3.60. The summed E-state index contributed by atoms with van der Waals surface area (Å²) in [6.07, 6.45) is 1.73. The molecule has 1 atom stereocenters. The molecule has 0 unspecified atom stereocenters. The van der Waals surface area contributed by atoms with Crippen LogP contribution in [-0.4, -0.2) is 40.3 Å². The van der Waals surface area contributed by atoms with E-state index in [2.05, 4.69) is 5.32 Å². The van der Waals surface area contributed by atoms with Crippen molar-refractivity contribution in [2.24, 2.45) is 0 Å². The van der Waals surface area contributed by atoms with Gasteiger partial charge in [-0.3, -0.25) is 9.10 Å². The van der Waals surface area contributed by atoms with Crippen LogP contribution in [0.4, 0.5) is 5.69 Å². The number of ether oxygens (including phenoxy) is 2. The summed E-state index contributed by atoms with van der Waals surface area (Å²) < 4.78 is 36.4. The number of anilines is 1. The topological polar surface area (TPSA) is 84.9 Å². The molecule has 0 spiro atoms. The van der Waals surface area contributed by atoms with Crippen molar-refractivity contribution < 1.29 is 22.7 Å². The number of hydrogen-bond donors (Lipinski definition) is 1. The number of amides is 1. The smallest absolute Gasteiger partial charge is 0.251 e. The van der Waals surface area contributed by atoms with Crippen LogP contribution in [0.1, 0.15) is 47.8 Å². The predicted octanol–water partition coefficient (Wildman–Crippen LogP) is 3.43. The zero-order chi connectivity index (χ0) is 22.3. The quantitative estimate of drug-likeness (QED) is 0.782. The molecule has 7 nitrogen and oxygen atoms in total. The fraction of sp³-hybridized carbons (Fsp3) is 0.409. The number of sulfonamides is 1. The average molecular weight is 433 g/mol. The molecule has 162 valence electrons. The average Bonchev–Trinajstić information content (AvgIpc) is 2.65. The maximum atomic E-state index is 13.0. The van der Waals surface area contributed by atoms with Crippen molar-refractivity contribution >= 4 is 21.6 Å². The van der Waals surface area contributed by atoms with Crippen molar-refractivity contribution in [1.82, 2.24) is 5.32 Å². The molecule has 0 aromatic heterocycles. The van der Waals surface area contributed by atoms with Crippen molar-refractivity contribution in [1.29, 1.82) is 0 Å². The predicted molar refractivity (Wildman–Crippen MR) is 117 cm³/mol. The lowest BCUT2D eigenvalue weighted by molar-refractivity contribution is 0.0617. The number of hydrogen-bond acceptors (Lipinski definition) is 5. The number of carbonyl (C=O) groups excluding carboxylic acids is 1. The second-order valence-electron chi connectivity index (χ2n) is 8.23. The highest BCUT2D eigenvalue weighted by Crippen LogP contribution is 2.41. The number of methoxy groups -OCH3 is 1. The Bertz CT molecular complexity index is 1080. The molecule has 2 aromatic carbocycles. The van der Waals surface area contributed by atoms with E-state index in [0.29, 0.717) is 29.2 Å². The van der Waals surface area contributed by atoms with Gasteiger partial charge in [0.2, 0.25) is 10.0 Å². The van der Waals surface area contributed by atoms with Gasteiger partial charge in [0, 0.05) is 30.7 Å². The molecule has 1 amide bonds.